The summed E-state index contributed by atoms with van der Waals surface area (Å²) in [5, 5.41) is 3.07. The van der Waals surface area contributed by atoms with Crippen LogP contribution in [0.25, 0.3) is 11.1 Å². The van der Waals surface area contributed by atoms with E-state index in [2.05, 4.69) is 5.32 Å². The highest BCUT2D eigenvalue weighted by Crippen LogP contribution is 2.23. The molecular weight excluding hydrogens is 294 g/mol. The summed E-state index contributed by atoms with van der Waals surface area (Å²) in [4.78, 5) is 11.6. The lowest BCUT2D eigenvalue weighted by Crippen LogP contribution is -2.58. The van der Waals surface area contributed by atoms with E-state index in [4.69, 9.17) is 4.42 Å². The zero-order valence-corrected chi connectivity index (χ0v) is 12.7. The second-order valence-electron chi connectivity index (χ2n) is 5.08. The Labute approximate surface area is 122 Å². The maximum atomic E-state index is 12.7. The number of hydrogen-bond donors (Lipinski definition) is 1. The average Bonchev–Trinajstić information content (AvgIpc) is 2.68. The van der Waals surface area contributed by atoms with E-state index in [1.54, 1.807) is 13.1 Å². The van der Waals surface area contributed by atoms with E-state index in [0.717, 1.165) is 0 Å². The summed E-state index contributed by atoms with van der Waals surface area (Å²) in [6, 6.07) is 4.51. The van der Waals surface area contributed by atoms with E-state index in [0.29, 0.717) is 25.2 Å². The van der Waals surface area contributed by atoms with Gasteiger partial charge in [0.2, 0.25) is 10.0 Å². The molecule has 1 fully saturated rings. The van der Waals surface area contributed by atoms with Crippen molar-refractivity contribution in [3.63, 3.8) is 0 Å². The fourth-order valence-corrected chi connectivity index (χ4v) is 4.16. The van der Waals surface area contributed by atoms with Gasteiger partial charge in [-0.3, -0.25) is 4.57 Å². The van der Waals surface area contributed by atoms with Crippen LogP contribution in [0.1, 0.15) is 6.92 Å². The molecular formula is C13H17N3O4S. The summed E-state index contributed by atoms with van der Waals surface area (Å²) in [5.74, 6) is -0.505. The van der Waals surface area contributed by atoms with Crippen LogP contribution in [0.4, 0.5) is 0 Å². The molecule has 1 aliphatic rings. The Kier molecular flexibility index (Phi) is 3.39. The minimum absolute atomic E-state index is 0.0153. The Morgan fingerprint density at radius 3 is 2.71 bits per heavy atom. The van der Waals surface area contributed by atoms with Crippen LogP contribution >= 0.6 is 0 Å². The zero-order valence-electron chi connectivity index (χ0n) is 11.9. The van der Waals surface area contributed by atoms with Crippen molar-refractivity contribution in [2.45, 2.75) is 17.9 Å². The first-order chi connectivity index (χ1) is 9.95. The second kappa shape index (κ2) is 4.97. The van der Waals surface area contributed by atoms with Gasteiger partial charge < -0.3 is 9.73 Å². The van der Waals surface area contributed by atoms with Crippen LogP contribution in [-0.4, -0.2) is 43.0 Å². The van der Waals surface area contributed by atoms with Crippen molar-refractivity contribution < 1.29 is 12.8 Å². The highest BCUT2D eigenvalue weighted by atomic mass is 32.2. The van der Waals surface area contributed by atoms with Crippen molar-refractivity contribution in [1.29, 1.82) is 0 Å². The molecule has 3 rings (SSSR count). The molecule has 0 unspecified atom stereocenters. The maximum absolute atomic E-state index is 12.7. The number of nitrogens with zero attached hydrogens (tertiary/aromatic N) is 2. The van der Waals surface area contributed by atoms with E-state index >= 15 is 0 Å². The molecule has 1 aromatic heterocycles. The predicted molar refractivity (Wildman–Crippen MR) is 77.7 cm³/mol. The number of oxazole rings is 1. The molecule has 2 aromatic rings. The highest BCUT2D eigenvalue weighted by Gasteiger charge is 2.33. The molecule has 0 atom stereocenters. The van der Waals surface area contributed by atoms with Crippen LogP contribution in [0.15, 0.2) is 32.3 Å². The molecule has 0 aliphatic carbocycles. The fraction of sp³-hybridized carbons (Fsp3) is 0.462. The number of likely N-dealkylation sites (N-methyl/N-ethyl adjacent to an activating group) is 1. The summed E-state index contributed by atoms with van der Waals surface area (Å²) in [5.41, 5.74) is 0.860. The lowest BCUT2D eigenvalue weighted by molar-refractivity contribution is 0.249. The van der Waals surface area contributed by atoms with Crippen LogP contribution in [0.5, 0.6) is 0 Å². The number of aromatic nitrogens is 1. The van der Waals surface area contributed by atoms with Crippen molar-refractivity contribution >= 4 is 21.1 Å². The van der Waals surface area contributed by atoms with Crippen LogP contribution in [0.2, 0.25) is 0 Å². The zero-order chi connectivity index (χ0) is 15.2. The molecule has 0 radical (unpaired) electrons. The maximum Gasteiger partial charge on any atom is 0.419 e. The van der Waals surface area contributed by atoms with Gasteiger partial charge in [0.05, 0.1) is 10.4 Å². The molecule has 0 bridgehead atoms. The Bertz CT molecular complexity index is 833. The molecule has 1 N–H and O–H groups in total. The molecule has 114 valence electrons. The summed E-state index contributed by atoms with van der Waals surface area (Å²) >= 11 is 0. The van der Waals surface area contributed by atoms with Crippen molar-refractivity contribution in [1.82, 2.24) is 14.2 Å². The van der Waals surface area contributed by atoms with Crippen molar-refractivity contribution in [3.8, 4) is 0 Å². The van der Waals surface area contributed by atoms with Crippen molar-refractivity contribution in [3.05, 3.63) is 28.7 Å². The van der Waals surface area contributed by atoms with Gasteiger partial charge in [0.15, 0.2) is 5.58 Å². The Morgan fingerprint density at radius 1 is 1.43 bits per heavy atom. The van der Waals surface area contributed by atoms with E-state index in [1.165, 1.54) is 21.0 Å². The summed E-state index contributed by atoms with van der Waals surface area (Å²) in [6.07, 6.45) is 0. The molecule has 1 saturated heterocycles. The molecule has 0 amide bonds. The SMILES string of the molecule is CCN(C1CNC1)S(=O)(=O)c1ccc2c(c1)oc(=O)n2C. The summed E-state index contributed by atoms with van der Waals surface area (Å²) in [6.45, 7) is 3.55. The molecule has 0 saturated carbocycles. The van der Waals surface area contributed by atoms with Gasteiger partial charge in [0.25, 0.3) is 0 Å². The first-order valence-corrected chi connectivity index (χ1v) is 8.21. The molecule has 0 spiro atoms. The number of rotatable bonds is 4. The first kappa shape index (κ1) is 14.3. The Morgan fingerprint density at radius 2 is 2.14 bits per heavy atom. The number of sulfonamides is 1. The largest absolute Gasteiger partial charge is 0.419 e. The number of fused-ring (bicyclic) bond motifs is 1. The van der Waals surface area contributed by atoms with Crippen LogP contribution in [-0.2, 0) is 17.1 Å². The van der Waals surface area contributed by atoms with Gasteiger partial charge in [-0.25, -0.2) is 13.2 Å². The molecule has 21 heavy (non-hydrogen) atoms. The third-order valence-corrected chi connectivity index (χ3v) is 5.87. The first-order valence-electron chi connectivity index (χ1n) is 6.77. The standard InChI is InChI=1S/C13H17N3O4S/c1-3-16(9-7-14-8-9)21(18,19)10-4-5-11-12(6-10)20-13(17)15(11)2/h4-6,9,14H,3,7-8H2,1-2H3. The summed E-state index contributed by atoms with van der Waals surface area (Å²) in [7, 11) is -2.00. The summed E-state index contributed by atoms with van der Waals surface area (Å²) < 4.78 is 33.3. The number of benzene rings is 1. The van der Waals surface area contributed by atoms with E-state index in [-0.39, 0.29) is 16.5 Å². The Hall–Kier alpha value is -1.64. The topological polar surface area (TPSA) is 84.6 Å². The van der Waals surface area contributed by atoms with E-state index < -0.39 is 15.8 Å². The van der Waals surface area contributed by atoms with Crippen molar-refractivity contribution in [2.75, 3.05) is 19.6 Å². The monoisotopic (exact) mass is 311 g/mol. The van der Waals surface area contributed by atoms with E-state index in [9.17, 15) is 13.2 Å². The fourth-order valence-electron chi connectivity index (χ4n) is 2.51. The minimum atomic E-state index is -3.58. The predicted octanol–water partition coefficient (Wildman–Crippen LogP) is 0.114. The third-order valence-electron chi connectivity index (χ3n) is 3.85. The van der Waals surface area contributed by atoms with E-state index in [1.807, 2.05) is 6.92 Å². The van der Waals surface area contributed by atoms with Crippen LogP contribution in [0.3, 0.4) is 0 Å². The molecule has 1 aromatic carbocycles. The Balaban J connectivity index is 2.07. The molecule has 1 aliphatic heterocycles. The van der Waals surface area contributed by atoms with Gasteiger partial charge in [-0.1, -0.05) is 6.92 Å². The van der Waals surface area contributed by atoms with Gasteiger partial charge in [0, 0.05) is 38.8 Å². The molecule has 7 nitrogen and oxygen atoms in total. The smallest absolute Gasteiger partial charge is 0.408 e. The normalized spacial score (nSPS) is 16.5. The van der Waals surface area contributed by atoms with Gasteiger partial charge in [0.1, 0.15) is 0 Å². The number of hydrogen-bond acceptors (Lipinski definition) is 5. The highest BCUT2D eigenvalue weighted by molar-refractivity contribution is 7.89. The molecule has 8 heteroatoms. The van der Waals surface area contributed by atoms with Crippen LogP contribution < -0.4 is 11.1 Å². The van der Waals surface area contributed by atoms with Gasteiger partial charge in [-0.05, 0) is 12.1 Å². The lowest BCUT2D eigenvalue weighted by atomic mass is 10.2. The number of nitrogens with one attached hydrogen (secondary N) is 1. The number of aryl methyl sites for hydroxylation is 1. The van der Waals surface area contributed by atoms with Crippen molar-refractivity contribution in [2.24, 2.45) is 7.05 Å². The third kappa shape index (κ3) is 2.19. The van der Waals surface area contributed by atoms with Gasteiger partial charge >= 0.3 is 5.76 Å². The lowest BCUT2D eigenvalue weighted by Gasteiger charge is -2.36. The van der Waals surface area contributed by atoms with Gasteiger partial charge in [-0.15, -0.1) is 0 Å². The average molecular weight is 311 g/mol. The second-order valence-corrected chi connectivity index (χ2v) is 6.97. The quantitative estimate of drug-likeness (QED) is 0.866. The van der Waals surface area contributed by atoms with Crippen LogP contribution in [0, 0.1) is 0 Å². The molecule has 2 heterocycles. The van der Waals surface area contributed by atoms with Gasteiger partial charge in [-0.2, -0.15) is 4.31 Å². The minimum Gasteiger partial charge on any atom is -0.408 e.